The van der Waals surface area contributed by atoms with Crippen molar-refractivity contribution in [2.45, 2.75) is 31.5 Å². The van der Waals surface area contributed by atoms with E-state index in [1.807, 2.05) is 24.3 Å². The molecule has 1 N–H and O–H groups in total. The Morgan fingerprint density at radius 3 is 2.89 bits per heavy atom. The van der Waals surface area contributed by atoms with Crippen LogP contribution in [0.25, 0.3) is 0 Å². The Bertz CT molecular complexity index is 380. The zero-order chi connectivity index (χ0) is 13.5. The van der Waals surface area contributed by atoms with E-state index in [-0.39, 0.29) is 6.04 Å². The Hall–Kier alpha value is -1.13. The highest BCUT2D eigenvalue weighted by Gasteiger charge is 2.26. The minimum atomic E-state index is -1.01. The molecule has 1 saturated heterocycles. The van der Waals surface area contributed by atoms with E-state index in [9.17, 15) is 4.39 Å². The molecular formula is C15H22FNO2. The lowest BCUT2D eigenvalue weighted by atomic mass is 9.95. The quantitative estimate of drug-likeness (QED) is 0.804. The average molecular weight is 267 g/mol. The van der Waals surface area contributed by atoms with Crippen molar-refractivity contribution in [1.82, 2.24) is 5.32 Å². The van der Waals surface area contributed by atoms with Gasteiger partial charge in [-0.1, -0.05) is 24.6 Å². The molecule has 2 rings (SSSR count). The predicted molar refractivity (Wildman–Crippen MR) is 73.3 cm³/mol. The molecule has 1 aliphatic heterocycles. The van der Waals surface area contributed by atoms with Crippen molar-refractivity contribution in [1.29, 1.82) is 0 Å². The molecule has 1 aliphatic rings. The summed E-state index contributed by atoms with van der Waals surface area (Å²) in [5.74, 6) is 0.624. The van der Waals surface area contributed by atoms with Crippen molar-refractivity contribution in [2.24, 2.45) is 0 Å². The second kappa shape index (κ2) is 7.46. The van der Waals surface area contributed by atoms with Gasteiger partial charge in [0.1, 0.15) is 18.5 Å². The van der Waals surface area contributed by atoms with Gasteiger partial charge in [-0.2, -0.15) is 0 Å². The van der Waals surface area contributed by atoms with Crippen LogP contribution in [-0.2, 0) is 4.74 Å². The zero-order valence-corrected chi connectivity index (χ0v) is 11.4. The summed E-state index contributed by atoms with van der Waals surface area (Å²) in [5.41, 5.74) is 0.637. The third kappa shape index (κ3) is 3.91. The molecule has 1 heterocycles. The van der Waals surface area contributed by atoms with Crippen LogP contribution in [0.1, 0.15) is 31.0 Å². The summed E-state index contributed by atoms with van der Waals surface area (Å²) >= 11 is 0. The normalized spacial score (nSPS) is 21.1. The Morgan fingerprint density at radius 1 is 1.32 bits per heavy atom. The molecule has 2 atom stereocenters. The minimum Gasteiger partial charge on any atom is -0.491 e. The molecule has 1 fully saturated rings. The van der Waals surface area contributed by atoms with Crippen molar-refractivity contribution in [3.8, 4) is 5.75 Å². The first-order chi connectivity index (χ1) is 9.33. The van der Waals surface area contributed by atoms with E-state index >= 15 is 0 Å². The van der Waals surface area contributed by atoms with Crippen LogP contribution in [0.2, 0.25) is 0 Å². The number of alkyl halides is 1. The maximum Gasteiger partial charge on any atom is 0.144 e. The molecule has 2 unspecified atom stereocenters. The highest BCUT2D eigenvalue weighted by Crippen LogP contribution is 2.32. The van der Waals surface area contributed by atoms with Crippen LogP contribution in [0, 0.1) is 0 Å². The Kier molecular flexibility index (Phi) is 5.61. The second-order valence-corrected chi connectivity index (χ2v) is 4.84. The largest absolute Gasteiger partial charge is 0.491 e. The zero-order valence-electron chi connectivity index (χ0n) is 11.4. The van der Waals surface area contributed by atoms with Gasteiger partial charge in [0.25, 0.3) is 0 Å². The van der Waals surface area contributed by atoms with E-state index in [0.717, 1.165) is 25.8 Å². The molecule has 106 valence electrons. The van der Waals surface area contributed by atoms with Crippen LogP contribution in [0.4, 0.5) is 4.39 Å². The molecule has 0 bridgehead atoms. The fraction of sp³-hybridized carbons (Fsp3) is 0.600. The van der Waals surface area contributed by atoms with Crippen molar-refractivity contribution in [3.63, 3.8) is 0 Å². The Balaban J connectivity index is 2.04. The lowest BCUT2D eigenvalue weighted by Crippen LogP contribution is -2.37. The van der Waals surface area contributed by atoms with E-state index in [2.05, 4.69) is 5.32 Å². The number of hydrogen-bond donors (Lipinski definition) is 1. The number of hydrogen-bond acceptors (Lipinski definition) is 3. The van der Waals surface area contributed by atoms with Crippen LogP contribution >= 0.6 is 0 Å². The van der Waals surface area contributed by atoms with Gasteiger partial charge in [-0.15, -0.1) is 0 Å². The summed E-state index contributed by atoms with van der Waals surface area (Å²) in [6, 6.07) is 7.25. The Morgan fingerprint density at radius 2 is 2.16 bits per heavy atom. The molecular weight excluding hydrogens is 245 g/mol. The van der Waals surface area contributed by atoms with Gasteiger partial charge >= 0.3 is 0 Å². The first-order valence-electron chi connectivity index (χ1n) is 6.91. The number of nitrogens with one attached hydrogen (secondary N) is 1. The molecule has 4 heteroatoms. The maximum atomic E-state index is 14.6. The molecule has 1 aromatic rings. The van der Waals surface area contributed by atoms with Gasteiger partial charge in [0.2, 0.25) is 0 Å². The van der Waals surface area contributed by atoms with E-state index in [1.54, 1.807) is 7.11 Å². The van der Waals surface area contributed by atoms with E-state index in [1.165, 1.54) is 0 Å². The number of para-hydroxylation sites is 1. The lowest BCUT2D eigenvalue weighted by Gasteiger charge is -2.27. The summed E-state index contributed by atoms with van der Waals surface area (Å²) < 4.78 is 25.2. The smallest absolute Gasteiger partial charge is 0.144 e. The lowest BCUT2D eigenvalue weighted by molar-refractivity contribution is 0.142. The maximum absolute atomic E-state index is 14.6. The molecule has 0 saturated carbocycles. The fourth-order valence-electron chi connectivity index (χ4n) is 2.42. The van der Waals surface area contributed by atoms with Crippen molar-refractivity contribution >= 4 is 0 Å². The topological polar surface area (TPSA) is 30.5 Å². The second-order valence-electron chi connectivity index (χ2n) is 4.84. The first-order valence-corrected chi connectivity index (χ1v) is 6.91. The standard InChI is InChI=1S/C15H22FNO2/c1-18-10-11-19-14-8-3-2-6-12(14)15(16)13-7-4-5-9-17-13/h2-3,6,8,13,15,17H,4-5,7,9-11H2,1H3. The molecule has 0 radical (unpaired) electrons. The van der Waals surface area contributed by atoms with Gasteiger partial charge in [0.05, 0.1) is 6.61 Å². The highest BCUT2D eigenvalue weighted by molar-refractivity contribution is 5.36. The highest BCUT2D eigenvalue weighted by atomic mass is 19.1. The van der Waals surface area contributed by atoms with E-state index in [4.69, 9.17) is 9.47 Å². The molecule has 3 nitrogen and oxygen atoms in total. The van der Waals surface area contributed by atoms with Gasteiger partial charge in [0, 0.05) is 18.7 Å². The SMILES string of the molecule is COCCOc1ccccc1C(F)C1CCCCN1. The Labute approximate surface area is 114 Å². The molecule has 1 aromatic carbocycles. The number of methoxy groups -OCH3 is 1. The number of halogens is 1. The van der Waals surface area contributed by atoms with Crippen molar-refractivity contribution in [2.75, 3.05) is 26.9 Å². The van der Waals surface area contributed by atoms with Gasteiger partial charge in [-0.05, 0) is 25.5 Å². The minimum absolute atomic E-state index is 0.0964. The van der Waals surface area contributed by atoms with Crippen LogP contribution in [-0.4, -0.2) is 32.9 Å². The van der Waals surface area contributed by atoms with Gasteiger partial charge in [0.15, 0.2) is 0 Å². The van der Waals surface area contributed by atoms with E-state index in [0.29, 0.717) is 24.5 Å². The molecule has 0 amide bonds. The molecule has 0 aromatic heterocycles. The number of rotatable bonds is 6. The summed E-state index contributed by atoms with van der Waals surface area (Å²) in [4.78, 5) is 0. The van der Waals surface area contributed by atoms with Crippen LogP contribution in [0.3, 0.4) is 0 Å². The van der Waals surface area contributed by atoms with Gasteiger partial charge < -0.3 is 14.8 Å². The van der Waals surface area contributed by atoms with Crippen LogP contribution in [0.5, 0.6) is 5.75 Å². The van der Waals surface area contributed by atoms with Crippen LogP contribution < -0.4 is 10.1 Å². The number of ether oxygens (including phenoxy) is 2. The summed E-state index contributed by atoms with van der Waals surface area (Å²) in [6.07, 6.45) is 2.09. The average Bonchev–Trinajstić information content (AvgIpc) is 2.48. The third-order valence-corrected chi connectivity index (χ3v) is 3.46. The van der Waals surface area contributed by atoms with Crippen molar-refractivity contribution < 1.29 is 13.9 Å². The molecule has 0 aliphatic carbocycles. The fourth-order valence-corrected chi connectivity index (χ4v) is 2.42. The van der Waals surface area contributed by atoms with Gasteiger partial charge in [-0.25, -0.2) is 4.39 Å². The molecule has 0 spiro atoms. The number of benzene rings is 1. The first kappa shape index (κ1) is 14.3. The summed E-state index contributed by atoms with van der Waals surface area (Å²) in [5, 5.41) is 3.26. The molecule has 19 heavy (non-hydrogen) atoms. The van der Waals surface area contributed by atoms with E-state index < -0.39 is 6.17 Å². The van der Waals surface area contributed by atoms with Crippen molar-refractivity contribution in [3.05, 3.63) is 29.8 Å². The van der Waals surface area contributed by atoms with Gasteiger partial charge in [-0.3, -0.25) is 0 Å². The summed E-state index contributed by atoms with van der Waals surface area (Å²) in [6.45, 7) is 1.85. The number of piperidine rings is 1. The monoisotopic (exact) mass is 267 g/mol. The van der Waals surface area contributed by atoms with Crippen LogP contribution in [0.15, 0.2) is 24.3 Å². The predicted octanol–water partition coefficient (Wildman–Crippen LogP) is 2.86. The summed E-state index contributed by atoms with van der Waals surface area (Å²) in [7, 11) is 1.62. The third-order valence-electron chi connectivity index (χ3n) is 3.46.